The lowest BCUT2D eigenvalue weighted by Crippen LogP contribution is -2.19. The molecule has 3 nitrogen and oxygen atoms in total. The number of carbonyl (C=O) groups excluding carboxylic acids is 1. The van der Waals surface area contributed by atoms with E-state index in [-0.39, 0.29) is 11.5 Å². The van der Waals surface area contributed by atoms with Crippen molar-refractivity contribution >= 4 is 12.0 Å². The Morgan fingerprint density at radius 3 is 2.56 bits per heavy atom. The van der Waals surface area contributed by atoms with Crippen molar-refractivity contribution in [2.24, 2.45) is 0 Å². The summed E-state index contributed by atoms with van der Waals surface area (Å²) in [5, 5.41) is 11.3. The molecule has 1 amide bonds. The Kier molecular flexibility index (Phi) is 3.84. The molecule has 1 rings (SSSR count). The van der Waals surface area contributed by atoms with Crippen LogP contribution in [0, 0.1) is 25.2 Å². The Bertz CT molecular complexity index is 481. The van der Waals surface area contributed by atoms with Gasteiger partial charge in [-0.1, -0.05) is 18.2 Å². The third-order valence-electron chi connectivity index (χ3n) is 2.43. The molecule has 0 saturated heterocycles. The van der Waals surface area contributed by atoms with E-state index in [4.69, 9.17) is 5.26 Å². The number of rotatable bonds is 2. The molecule has 0 aliphatic heterocycles. The Hall–Kier alpha value is -2.08. The van der Waals surface area contributed by atoms with Gasteiger partial charge in [0.2, 0.25) is 0 Å². The molecule has 1 aromatic rings. The summed E-state index contributed by atoms with van der Waals surface area (Å²) in [5.41, 5.74) is 3.31. The zero-order valence-electron chi connectivity index (χ0n) is 9.66. The number of nitriles is 1. The van der Waals surface area contributed by atoms with Crippen LogP contribution in [0.3, 0.4) is 0 Å². The van der Waals surface area contributed by atoms with Crippen LogP contribution in [0.5, 0.6) is 0 Å². The van der Waals surface area contributed by atoms with Crippen LogP contribution in [0.1, 0.15) is 16.7 Å². The van der Waals surface area contributed by atoms with Crippen LogP contribution in [-0.2, 0) is 4.79 Å². The first-order valence-electron chi connectivity index (χ1n) is 4.99. The molecule has 1 N–H and O–H groups in total. The number of nitrogens with one attached hydrogen (secondary N) is 1. The number of carbonyl (C=O) groups is 1. The van der Waals surface area contributed by atoms with E-state index < -0.39 is 0 Å². The molecule has 0 atom stereocenters. The van der Waals surface area contributed by atoms with E-state index in [0.717, 1.165) is 11.1 Å². The van der Waals surface area contributed by atoms with Gasteiger partial charge in [0.25, 0.3) is 5.91 Å². The van der Waals surface area contributed by atoms with Gasteiger partial charge in [0, 0.05) is 7.05 Å². The van der Waals surface area contributed by atoms with Crippen LogP contribution in [0.25, 0.3) is 6.08 Å². The van der Waals surface area contributed by atoms with Crippen LogP contribution in [0.15, 0.2) is 23.8 Å². The van der Waals surface area contributed by atoms with Crippen molar-refractivity contribution in [2.45, 2.75) is 13.8 Å². The number of hydrogen-bond donors (Lipinski definition) is 1. The quantitative estimate of drug-likeness (QED) is 0.604. The molecule has 0 spiro atoms. The largest absolute Gasteiger partial charge is 0.354 e. The number of likely N-dealkylation sites (N-methyl/N-ethyl adjacent to an activating group) is 1. The average Bonchev–Trinajstić information content (AvgIpc) is 2.29. The van der Waals surface area contributed by atoms with Crippen molar-refractivity contribution in [2.75, 3.05) is 7.05 Å². The number of hydrogen-bond acceptors (Lipinski definition) is 2. The van der Waals surface area contributed by atoms with Crippen molar-refractivity contribution < 1.29 is 4.79 Å². The summed E-state index contributed by atoms with van der Waals surface area (Å²) in [6, 6.07) is 7.70. The summed E-state index contributed by atoms with van der Waals surface area (Å²) in [5.74, 6) is -0.360. The second kappa shape index (κ2) is 5.13. The Morgan fingerprint density at radius 1 is 1.38 bits per heavy atom. The van der Waals surface area contributed by atoms with E-state index in [1.165, 1.54) is 12.6 Å². The molecule has 0 heterocycles. The summed E-state index contributed by atoms with van der Waals surface area (Å²) < 4.78 is 0. The summed E-state index contributed by atoms with van der Waals surface area (Å²) in [4.78, 5) is 11.3. The van der Waals surface area contributed by atoms with Crippen LogP contribution < -0.4 is 5.32 Å². The molecule has 82 valence electrons. The smallest absolute Gasteiger partial charge is 0.261 e. The highest BCUT2D eigenvalue weighted by molar-refractivity contribution is 6.01. The molecule has 0 unspecified atom stereocenters. The number of aryl methyl sites for hydroxylation is 2. The maximum Gasteiger partial charge on any atom is 0.261 e. The molecular weight excluding hydrogens is 200 g/mol. The number of benzene rings is 1. The minimum Gasteiger partial charge on any atom is -0.354 e. The maximum atomic E-state index is 11.3. The third-order valence-corrected chi connectivity index (χ3v) is 2.43. The second-order valence-corrected chi connectivity index (χ2v) is 3.59. The van der Waals surface area contributed by atoms with Gasteiger partial charge in [0.15, 0.2) is 0 Å². The van der Waals surface area contributed by atoms with Gasteiger partial charge in [0.1, 0.15) is 11.6 Å². The van der Waals surface area contributed by atoms with Crippen LogP contribution >= 0.6 is 0 Å². The summed E-state index contributed by atoms with van der Waals surface area (Å²) in [6.07, 6.45) is 1.59. The monoisotopic (exact) mass is 214 g/mol. The first-order chi connectivity index (χ1) is 7.58. The highest BCUT2D eigenvalue weighted by atomic mass is 16.1. The molecule has 0 aliphatic carbocycles. The normalized spacial score (nSPS) is 10.8. The second-order valence-electron chi connectivity index (χ2n) is 3.59. The minimum absolute atomic E-state index is 0.116. The molecule has 0 bridgehead atoms. The fourth-order valence-electron chi connectivity index (χ4n) is 1.30. The Morgan fingerprint density at radius 2 is 2.06 bits per heavy atom. The zero-order chi connectivity index (χ0) is 12.1. The van der Waals surface area contributed by atoms with Crippen LogP contribution in [0.2, 0.25) is 0 Å². The van der Waals surface area contributed by atoms with E-state index in [1.54, 1.807) is 6.08 Å². The standard InChI is InChI=1S/C13H14N2O/c1-9-4-5-11(6-10(9)2)7-12(8-14)13(16)15-3/h4-7H,1-3H3,(H,15,16)/b12-7-. The lowest BCUT2D eigenvalue weighted by atomic mass is 10.0. The summed E-state index contributed by atoms with van der Waals surface area (Å²) in [7, 11) is 1.51. The minimum atomic E-state index is -0.360. The van der Waals surface area contributed by atoms with Crippen molar-refractivity contribution in [1.29, 1.82) is 5.26 Å². The van der Waals surface area contributed by atoms with Crippen molar-refractivity contribution in [3.63, 3.8) is 0 Å². The summed E-state index contributed by atoms with van der Waals surface area (Å²) in [6.45, 7) is 4.02. The number of nitrogens with zero attached hydrogens (tertiary/aromatic N) is 1. The Balaban J connectivity index is 3.10. The lowest BCUT2D eigenvalue weighted by Gasteiger charge is -2.02. The molecule has 0 aromatic heterocycles. The van der Waals surface area contributed by atoms with Gasteiger partial charge in [-0.15, -0.1) is 0 Å². The van der Waals surface area contributed by atoms with Crippen molar-refractivity contribution in [3.8, 4) is 6.07 Å². The predicted molar refractivity (Wildman–Crippen MR) is 63.6 cm³/mol. The fraction of sp³-hybridized carbons (Fsp3) is 0.231. The highest BCUT2D eigenvalue weighted by Gasteiger charge is 2.06. The SMILES string of the molecule is CNC(=O)/C(C#N)=C\c1ccc(C)c(C)c1. The Labute approximate surface area is 95.4 Å². The van der Waals surface area contributed by atoms with E-state index in [0.29, 0.717) is 0 Å². The van der Waals surface area contributed by atoms with Gasteiger partial charge in [-0.05, 0) is 36.6 Å². The van der Waals surface area contributed by atoms with Gasteiger partial charge in [-0.3, -0.25) is 4.79 Å². The highest BCUT2D eigenvalue weighted by Crippen LogP contribution is 2.12. The fourth-order valence-corrected chi connectivity index (χ4v) is 1.30. The van der Waals surface area contributed by atoms with Gasteiger partial charge >= 0.3 is 0 Å². The van der Waals surface area contributed by atoms with Crippen LogP contribution in [-0.4, -0.2) is 13.0 Å². The van der Waals surface area contributed by atoms with Crippen molar-refractivity contribution in [1.82, 2.24) is 5.32 Å². The molecule has 0 saturated carbocycles. The number of amides is 1. The molecule has 16 heavy (non-hydrogen) atoms. The molecular formula is C13H14N2O. The van der Waals surface area contributed by atoms with E-state index >= 15 is 0 Å². The molecule has 0 radical (unpaired) electrons. The molecule has 1 aromatic carbocycles. The molecule has 0 fully saturated rings. The predicted octanol–water partition coefficient (Wildman–Crippen LogP) is 1.96. The van der Waals surface area contributed by atoms with Gasteiger partial charge in [-0.25, -0.2) is 0 Å². The van der Waals surface area contributed by atoms with Gasteiger partial charge in [0.05, 0.1) is 0 Å². The van der Waals surface area contributed by atoms with E-state index in [1.807, 2.05) is 38.1 Å². The summed E-state index contributed by atoms with van der Waals surface area (Å²) >= 11 is 0. The molecule has 3 heteroatoms. The van der Waals surface area contributed by atoms with Gasteiger partial charge < -0.3 is 5.32 Å². The first kappa shape index (κ1) is 12.0. The maximum absolute atomic E-state index is 11.3. The van der Waals surface area contributed by atoms with E-state index in [2.05, 4.69) is 5.32 Å². The van der Waals surface area contributed by atoms with Gasteiger partial charge in [-0.2, -0.15) is 5.26 Å². The molecule has 0 aliphatic rings. The first-order valence-corrected chi connectivity index (χ1v) is 4.99. The van der Waals surface area contributed by atoms with E-state index in [9.17, 15) is 4.79 Å². The lowest BCUT2D eigenvalue weighted by molar-refractivity contribution is -0.116. The topological polar surface area (TPSA) is 52.9 Å². The average molecular weight is 214 g/mol. The third kappa shape index (κ3) is 2.71. The zero-order valence-corrected chi connectivity index (χ0v) is 9.66. The van der Waals surface area contributed by atoms with Crippen LogP contribution in [0.4, 0.5) is 0 Å². The van der Waals surface area contributed by atoms with Crippen molar-refractivity contribution in [3.05, 3.63) is 40.5 Å².